The molecule has 13 nitrogen and oxygen atoms in total. The van der Waals surface area contributed by atoms with Crippen molar-refractivity contribution in [2.45, 2.75) is 64.1 Å². The fourth-order valence-corrected chi connectivity index (χ4v) is 4.68. The number of amides is 4. The number of carbonyl (C=O) groups is 5. The number of hydrogen-bond acceptors (Lipinski definition) is 7. The second-order valence-corrected chi connectivity index (χ2v) is 10.4. The van der Waals surface area contributed by atoms with Crippen molar-refractivity contribution in [3.63, 3.8) is 0 Å². The number of rotatable bonds is 13. The van der Waals surface area contributed by atoms with E-state index in [1.165, 1.54) is 29.2 Å². The molecule has 1 heterocycles. The Bertz CT molecular complexity index is 1300. The molecule has 0 aromatic heterocycles. The topological polar surface area (TPSA) is 188 Å². The maximum atomic E-state index is 13.5. The first-order valence-corrected chi connectivity index (χ1v) is 13.7. The van der Waals surface area contributed by atoms with Crippen molar-refractivity contribution in [3.05, 3.63) is 70.3 Å². The van der Waals surface area contributed by atoms with E-state index < -0.39 is 52.6 Å². The van der Waals surface area contributed by atoms with Gasteiger partial charge in [-0.25, -0.2) is 0 Å². The number of anilines is 1. The molecule has 42 heavy (non-hydrogen) atoms. The van der Waals surface area contributed by atoms with Crippen molar-refractivity contribution in [1.82, 2.24) is 15.5 Å². The van der Waals surface area contributed by atoms with Gasteiger partial charge in [0, 0.05) is 37.2 Å². The van der Waals surface area contributed by atoms with E-state index in [1.807, 2.05) is 18.2 Å². The van der Waals surface area contributed by atoms with Gasteiger partial charge in [-0.05, 0) is 36.5 Å². The average molecular weight is 582 g/mol. The van der Waals surface area contributed by atoms with E-state index in [-0.39, 0.29) is 37.4 Å². The Balaban J connectivity index is 1.75. The smallest absolute Gasteiger partial charge is 0.303 e. The van der Waals surface area contributed by atoms with E-state index in [4.69, 9.17) is 5.11 Å². The van der Waals surface area contributed by atoms with E-state index in [9.17, 15) is 34.1 Å². The van der Waals surface area contributed by atoms with Gasteiger partial charge >= 0.3 is 5.97 Å². The van der Waals surface area contributed by atoms with Crippen LogP contribution in [0.5, 0.6) is 0 Å². The van der Waals surface area contributed by atoms with Crippen LogP contribution in [0.2, 0.25) is 0 Å². The molecule has 3 rings (SSSR count). The summed E-state index contributed by atoms with van der Waals surface area (Å²) in [5.74, 6) is -3.55. The molecule has 0 radical (unpaired) electrons. The van der Waals surface area contributed by atoms with Crippen LogP contribution >= 0.6 is 0 Å². The van der Waals surface area contributed by atoms with Gasteiger partial charge in [0.2, 0.25) is 23.6 Å². The first-order chi connectivity index (χ1) is 20.0. The van der Waals surface area contributed by atoms with Gasteiger partial charge < -0.3 is 26.0 Å². The lowest BCUT2D eigenvalue weighted by atomic mass is 10.0. The monoisotopic (exact) mass is 581 g/mol. The molecule has 3 atom stereocenters. The number of carboxylic acids is 1. The summed E-state index contributed by atoms with van der Waals surface area (Å²) in [5.41, 5.74) is 0.963. The predicted octanol–water partition coefficient (Wildman–Crippen LogP) is 2.26. The van der Waals surface area contributed by atoms with E-state index in [1.54, 1.807) is 26.0 Å². The summed E-state index contributed by atoms with van der Waals surface area (Å²) in [5, 5.41) is 27.9. The van der Waals surface area contributed by atoms with Gasteiger partial charge in [0.05, 0.1) is 11.3 Å². The quantitative estimate of drug-likeness (QED) is 0.205. The summed E-state index contributed by atoms with van der Waals surface area (Å²) in [6.45, 7) is 3.76. The highest BCUT2D eigenvalue weighted by atomic mass is 16.6. The molecule has 3 unspecified atom stereocenters. The van der Waals surface area contributed by atoms with Crippen LogP contribution in [0.15, 0.2) is 54.6 Å². The Kier molecular flexibility index (Phi) is 11.1. The molecular formula is C29H35N5O8. The third-order valence-electron chi connectivity index (χ3n) is 6.91. The Morgan fingerprint density at radius 1 is 1.00 bits per heavy atom. The third kappa shape index (κ3) is 8.85. The van der Waals surface area contributed by atoms with E-state index in [2.05, 4.69) is 16.0 Å². The van der Waals surface area contributed by atoms with Crippen molar-refractivity contribution in [3.8, 4) is 0 Å². The number of nitro groups is 1. The highest BCUT2D eigenvalue weighted by Gasteiger charge is 2.39. The zero-order valence-corrected chi connectivity index (χ0v) is 23.4. The summed E-state index contributed by atoms with van der Waals surface area (Å²) in [4.78, 5) is 75.2. The maximum absolute atomic E-state index is 13.5. The number of hydrogen-bond donors (Lipinski definition) is 4. The van der Waals surface area contributed by atoms with Gasteiger partial charge in [-0.1, -0.05) is 44.2 Å². The first-order valence-electron chi connectivity index (χ1n) is 13.7. The van der Waals surface area contributed by atoms with Crippen molar-refractivity contribution in [1.29, 1.82) is 0 Å². The van der Waals surface area contributed by atoms with Crippen molar-refractivity contribution in [2.24, 2.45) is 5.92 Å². The van der Waals surface area contributed by atoms with Crippen LogP contribution in [0.3, 0.4) is 0 Å². The average Bonchev–Trinajstić information content (AvgIpc) is 3.45. The number of nitro benzene ring substituents is 1. The Labute approximate surface area is 242 Å². The normalized spacial score (nSPS) is 15.9. The van der Waals surface area contributed by atoms with Crippen molar-refractivity contribution >= 4 is 41.0 Å². The molecule has 4 amide bonds. The van der Waals surface area contributed by atoms with Crippen molar-refractivity contribution in [2.75, 3.05) is 11.9 Å². The summed E-state index contributed by atoms with van der Waals surface area (Å²) in [6, 6.07) is 11.5. The van der Waals surface area contributed by atoms with Crippen LogP contribution < -0.4 is 16.0 Å². The lowest BCUT2D eigenvalue weighted by Gasteiger charge is -2.31. The number of aliphatic carboxylic acids is 1. The number of carbonyl (C=O) groups excluding carboxylic acids is 4. The summed E-state index contributed by atoms with van der Waals surface area (Å²) in [7, 11) is 0. The van der Waals surface area contributed by atoms with Crippen LogP contribution in [-0.4, -0.2) is 69.2 Å². The largest absolute Gasteiger partial charge is 0.481 e. The molecule has 0 bridgehead atoms. The number of carboxylic acid groups (broad SMARTS) is 1. The lowest BCUT2D eigenvalue weighted by Crippen LogP contribution is -2.57. The maximum Gasteiger partial charge on any atom is 0.303 e. The second-order valence-electron chi connectivity index (χ2n) is 10.4. The molecule has 4 N–H and O–H groups in total. The number of nitrogens with one attached hydrogen (secondary N) is 3. The minimum atomic E-state index is -1.13. The van der Waals surface area contributed by atoms with Gasteiger partial charge in [-0.15, -0.1) is 0 Å². The Morgan fingerprint density at radius 3 is 2.26 bits per heavy atom. The van der Waals surface area contributed by atoms with Crippen molar-refractivity contribution < 1.29 is 34.0 Å². The molecule has 13 heteroatoms. The number of nitrogens with zero attached hydrogens (tertiary/aromatic N) is 2. The fourth-order valence-electron chi connectivity index (χ4n) is 4.68. The van der Waals surface area contributed by atoms with E-state index in [0.717, 1.165) is 5.56 Å². The summed E-state index contributed by atoms with van der Waals surface area (Å²) >= 11 is 0. The minimum absolute atomic E-state index is 0.133. The van der Waals surface area contributed by atoms with Gasteiger partial charge in [-0.3, -0.25) is 34.1 Å². The highest BCUT2D eigenvalue weighted by molar-refractivity contribution is 5.99. The van der Waals surface area contributed by atoms with Crippen LogP contribution in [0, 0.1) is 16.0 Å². The second kappa shape index (κ2) is 14.7. The van der Waals surface area contributed by atoms with Gasteiger partial charge in [0.1, 0.15) is 18.1 Å². The zero-order valence-electron chi connectivity index (χ0n) is 23.4. The van der Waals surface area contributed by atoms with Crippen LogP contribution in [0.1, 0.15) is 45.1 Å². The van der Waals surface area contributed by atoms with E-state index >= 15 is 0 Å². The first kappa shape index (κ1) is 31.7. The summed E-state index contributed by atoms with van der Waals surface area (Å²) < 4.78 is 0. The number of likely N-dealkylation sites (tertiary alicyclic amines) is 1. The molecule has 0 spiro atoms. The fraction of sp³-hybridized carbons (Fsp3) is 0.414. The third-order valence-corrected chi connectivity index (χ3v) is 6.91. The number of non-ortho nitro benzene ring substituents is 1. The predicted molar refractivity (Wildman–Crippen MR) is 152 cm³/mol. The van der Waals surface area contributed by atoms with Gasteiger partial charge in [0.15, 0.2) is 0 Å². The lowest BCUT2D eigenvalue weighted by molar-refractivity contribution is -0.384. The van der Waals surface area contributed by atoms with Crippen LogP contribution in [0.4, 0.5) is 11.4 Å². The van der Waals surface area contributed by atoms with Crippen LogP contribution in [-0.2, 0) is 30.4 Å². The SMILES string of the molecule is CC(C)C(NC(=O)CCC(=O)O)C(=O)N1CCCC1C(=O)NC(Cc1ccccc1)C(=O)Nc1ccc([N+](=O)[O-])cc1. The molecule has 1 aliphatic heterocycles. The Hall–Kier alpha value is -4.81. The molecule has 1 fully saturated rings. The number of benzene rings is 2. The van der Waals surface area contributed by atoms with Gasteiger partial charge in [-0.2, -0.15) is 0 Å². The van der Waals surface area contributed by atoms with Crippen LogP contribution in [0.25, 0.3) is 0 Å². The highest BCUT2D eigenvalue weighted by Crippen LogP contribution is 2.22. The molecule has 0 saturated carbocycles. The molecule has 2 aromatic carbocycles. The molecule has 224 valence electrons. The van der Waals surface area contributed by atoms with Gasteiger partial charge in [0.25, 0.3) is 5.69 Å². The standard InChI is InChI=1S/C29H35N5O8/c1-18(2)26(32-24(35)14-15-25(36)37)29(40)33-16-6-9-23(33)28(39)31-22(17-19-7-4-3-5-8-19)27(38)30-20-10-12-21(13-11-20)34(41)42/h3-5,7-8,10-13,18,22-23,26H,6,9,14-17H2,1-2H3,(H,30,38)(H,31,39)(H,32,35)(H,36,37). The molecule has 1 saturated heterocycles. The molecule has 0 aliphatic carbocycles. The summed E-state index contributed by atoms with van der Waals surface area (Å²) in [6.07, 6.45) is 0.406. The minimum Gasteiger partial charge on any atom is -0.481 e. The molecule has 1 aliphatic rings. The Morgan fingerprint density at radius 2 is 1.67 bits per heavy atom. The molecule has 2 aromatic rings. The zero-order chi connectivity index (χ0) is 30.8. The molecular weight excluding hydrogens is 546 g/mol. The van der Waals surface area contributed by atoms with E-state index in [0.29, 0.717) is 18.5 Å².